The maximum Gasteiger partial charge on any atom is 0.340 e. The van der Waals surface area contributed by atoms with E-state index in [4.69, 9.17) is 11.6 Å². The first kappa shape index (κ1) is 15.4. The first-order valence-electron chi connectivity index (χ1n) is 5.55. The highest BCUT2D eigenvalue weighted by Crippen LogP contribution is 2.26. The van der Waals surface area contributed by atoms with Crippen LogP contribution in [-0.4, -0.2) is 19.0 Å². The first-order chi connectivity index (χ1) is 8.66. The fourth-order valence-corrected chi connectivity index (χ4v) is 1.47. The van der Waals surface area contributed by atoms with Crippen molar-refractivity contribution in [1.82, 2.24) is 0 Å². The molecule has 1 rings (SSSR count). The molecule has 1 aromatic rings. The maximum absolute atomic E-state index is 14.1. The normalized spacial score (nSPS) is 11.1. The van der Waals surface area contributed by atoms with E-state index in [1.165, 1.54) is 6.07 Å². The summed E-state index contributed by atoms with van der Waals surface area (Å²) in [5.74, 6) is -2.11. The molecule has 0 radical (unpaired) electrons. The van der Waals surface area contributed by atoms with E-state index in [0.29, 0.717) is 0 Å². The average molecular weight is 288 g/mol. The maximum atomic E-state index is 14.1. The summed E-state index contributed by atoms with van der Waals surface area (Å²) in [4.78, 5) is 23.2. The van der Waals surface area contributed by atoms with Gasteiger partial charge in [0.15, 0.2) is 5.82 Å². The Bertz CT molecular complexity index is 523. The Hall–Kier alpha value is -1.62. The van der Waals surface area contributed by atoms with Gasteiger partial charge in [-0.05, 0) is 12.1 Å². The fraction of sp³-hybridized carbons (Fsp3) is 0.385. The number of methoxy groups -OCH3 is 1. The van der Waals surface area contributed by atoms with Gasteiger partial charge < -0.3 is 10.1 Å². The van der Waals surface area contributed by atoms with Crippen molar-refractivity contribution in [2.75, 3.05) is 12.4 Å². The van der Waals surface area contributed by atoms with Crippen molar-refractivity contribution in [3.63, 3.8) is 0 Å². The van der Waals surface area contributed by atoms with E-state index in [1.54, 1.807) is 20.8 Å². The minimum absolute atomic E-state index is 0.131. The van der Waals surface area contributed by atoms with Gasteiger partial charge in [-0.3, -0.25) is 4.79 Å². The highest BCUT2D eigenvalue weighted by Gasteiger charge is 2.24. The number of ether oxygens (including phenoxy) is 1. The number of carbonyl (C=O) groups is 2. The van der Waals surface area contributed by atoms with Crippen molar-refractivity contribution in [2.45, 2.75) is 20.8 Å². The fourth-order valence-electron chi connectivity index (χ4n) is 1.25. The monoisotopic (exact) mass is 287 g/mol. The second kappa shape index (κ2) is 5.57. The van der Waals surface area contributed by atoms with E-state index < -0.39 is 17.2 Å². The quantitative estimate of drug-likeness (QED) is 0.850. The van der Waals surface area contributed by atoms with Gasteiger partial charge in [-0.25, -0.2) is 9.18 Å². The smallest absolute Gasteiger partial charge is 0.340 e. The molecule has 0 spiro atoms. The van der Waals surface area contributed by atoms with Crippen molar-refractivity contribution >= 4 is 29.2 Å². The molecular formula is C13H15ClFNO3. The van der Waals surface area contributed by atoms with Gasteiger partial charge in [0, 0.05) is 10.4 Å². The number of anilines is 1. The third-order valence-electron chi connectivity index (χ3n) is 2.37. The second-order valence-corrected chi connectivity index (χ2v) is 5.45. The van der Waals surface area contributed by atoms with Gasteiger partial charge in [-0.15, -0.1) is 0 Å². The number of hydrogen-bond acceptors (Lipinski definition) is 3. The minimum atomic E-state index is -0.867. The van der Waals surface area contributed by atoms with Crippen LogP contribution in [0.5, 0.6) is 0 Å². The lowest BCUT2D eigenvalue weighted by Crippen LogP contribution is -2.28. The molecule has 1 N–H and O–H groups in total. The molecule has 0 aliphatic rings. The predicted octanol–water partition coefficient (Wildman–Crippen LogP) is 3.25. The van der Waals surface area contributed by atoms with Gasteiger partial charge in [-0.2, -0.15) is 0 Å². The van der Waals surface area contributed by atoms with E-state index in [9.17, 15) is 14.0 Å². The van der Waals surface area contributed by atoms with Crippen molar-refractivity contribution in [2.24, 2.45) is 5.41 Å². The number of esters is 1. The molecule has 6 heteroatoms. The van der Waals surface area contributed by atoms with Crippen LogP contribution in [0.3, 0.4) is 0 Å². The molecule has 1 amide bonds. The molecule has 19 heavy (non-hydrogen) atoms. The van der Waals surface area contributed by atoms with Gasteiger partial charge in [-0.1, -0.05) is 32.4 Å². The molecule has 104 valence electrons. The van der Waals surface area contributed by atoms with Crippen LogP contribution in [0.15, 0.2) is 12.1 Å². The number of rotatable bonds is 2. The summed E-state index contributed by atoms with van der Waals surface area (Å²) >= 11 is 5.79. The van der Waals surface area contributed by atoms with E-state index in [-0.39, 0.29) is 22.2 Å². The number of nitrogens with one attached hydrogen (secondary N) is 1. The SMILES string of the molecule is COC(=O)c1cc(Cl)cc(NC(=O)C(C)(C)C)c1F. The molecule has 4 nitrogen and oxygen atoms in total. The number of benzene rings is 1. The van der Waals surface area contributed by atoms with Crippen LogP contribution in [0.1, 0.15) is 31.1 Å². The highest BCUT2D eigenvalue weighted by atomic mass is 35.5. The molecule has 0 saturated carbocycles. The summed E-state index contributed by atoms with van der Waals surface area (Å²) in [7, 11) is 1.14. The molecule has 0 bridgehead atoms. The predicted molar refractivity (Wildman–Crippen MR) is 70.8 cm³/mol. The molecule has 0 heterocycles. The lowest BCUT2D eigenvalue weighted by atomic mass is 9.95. The summed E-state index contributed by atoms with van der Waals surface area (Å²) in [5.41, 5.74) is -1.16. The van der Waals surface area contributed by atoms with E-state index >= 15 is 0 Å². The van der Waals surface area contributed by atoms with Crippen LogP contribution in [0.4, 0.5) is 10.1 Å². The highest BCUT2D eigenvalue weighted by molar-refractivity contribution is 6.31. The summed E-state index contributed by atoms with van der Waals surface area (Å²) in [5, 5.41) is 2.53. The van der Waals surface area contributed by atoms with Crippen molar-refractivity contribution in [3.05, 3.63) is 28.5 Å². The molecule has 0 saturated heterocycles. The molecular weight excluding hydrogens is 273 g/mol. The van der Waals surface area contributed by atoms with Crippen molar-refractivity contribution in [1.29, 1.82) is 0 Å². The summed E-state index contributed by atoms with van der Waals surface area (Å²) in [6, 6.07) is 2.39. The zero-order chi connectivity index (χ0) is 14.8. The lowest BCUT2D eigenvalue weighted by Gasteiger charge is -2.18. The Morgan fingerprint density at radius 1 is 1.32 bits per heavy atom. The Morgan fingerprint density at radius 2 is 1.89 bits per heavy atom. The number of amides is 1. The first-order valence-corrected chi connectivity index (χ1v) is 5.93. The molecule has 0 aromatic heterocycles. The molecule has 0 unspecified atom stereocenters. The standard InChI is InChI=1S/C13H15ClFNO3/c1-13(2,3)12(18)16-9-6-7(14)5-8(10(9)15)11(17)19-4/h5-6H,1-4H3,(H,16,18). The van der Waals surface area contributed by atoms with Crippen LogP contribution in [0.2, 0.25) is 5.02 Å². The van der Waals surface area contributed by atoms with Crippen LogP contribution < -0.4 is 5.32 Å². The van der Waals surface area contributed by atoms with E-state index in [2.05, 4.69) is 10.1 Å². The van der Waals surface area contributed by atoms with Crippen molar-refractivity contribution < 1.29 is 18.7 Å². The third-order valence-corrected chi connectivity index (χ3v) is 2.59. The Balaban J connectivity index is 3.19. The van der Waals surface area contributed by atoms with E-state index in [1.807, 2.05) is 0 Å². The van der Waals surface area contributed by atoms with Gasteiger partial charge in [0.1, 0.15) is 0 Å². The molecule has 0 fully saturated rings. The Morgan fingerprint density at radius 3 is 2.37 bits per heavy atom. The van der Waals surface area contributed by atoms with E-state index in [0.717, 1.165) is 13.2 Å². The Kier molecular flexibility index (Phi) is 4.52. The summed E-state index contributed by atoms with van der Waals surface area (Å²) in [6.45, 7) is 5.06. The van der Waals surface area contributed by atoms with Crippen molar-refractivity contribution in [3.8, 4) is 0 Å². The van der Waals surface area contributed by atoms with Crippen LogP contribution in [0, 0.1) is 11.2 Å². The average Bonchev–Trinajstić information content (AvgIpc) is 2.31. The zero-order valence-corrected chi connectivity index (χ0v) is 11.9. The topological polar surface area (TPSA) is 55.4 Å². The van der Waals surface area contributed by atoms with Crippen LogP contribution >= 0.6 is 11.6 Å². The molecule has 0 aliphatic heterocycles. The second-order valence-electron chi connectivity index (χ2n) is 5.01. The molecule has 0 aliphatic carbocycles. The van der Waals surface area contributed by atoms with Gasteiger partial charge >= 0.3 is 5.97 Å². The molecule has 1 aromatic carbocycles. The van der Waals surface area contributed by atoms with Gasteiger partial charge in [0.25, 0.3) is 0 Å². The van der Waals surface area contributed by atoms with Crippen LogP contribution in [0.25, 0.3) is 0 Å². The van der Waals surface area contributed by atoms with Gasteiger partial charge in [0.05, 0.1) is 18.4 Å². The summed E-state index contributed by atoms with van der Waals surface area (Å²) < 4.78 is 18.5. The Labute approximate surface area is 115 Å². The molecule has 0 atom stereocenters. The largest absolute Gasteiger partial charge is 0.465 e. The number of halogens is 2. The minimum Gasteiger partial charge on any atom is -0.465 e. The van der Waals surface area contributed by atoms with Gasteiger partial charge in [0.2, 0.25) is 5.91 Å². The summed E-state index contributed by atoms with van der Waals surface area (Å²) in [6.07, 6.45) is 0. The van der Waals surface area contributed by atoms with Crippen LogP contribution in [-0.2, 0) is 9.53 Å². The number of carbonyl (C=O) groups excluding carboxylic acids is 2. The third kappa shape index (κ3) is 3.67. The number of hydrogen-bond donors (Lipinski definition) is 1. The zero-order valence-electron chi connectivity index (χ0n) is 11.1. The lowest BCUT2D eigenvalue weighted by molar-refractivity contribution is -0.123.